The van der Waals surface area contributed by atoms with E-state index in [2.05, 4.69) is 22.1 Å². The Labute approximate surface area is 157 Å². The first kappa shape index (κ1) is 18.3. The number of carbonyl (C=O) groups excluding carboxylic acids is 1. The number of nitrogens with one attached hydrogen (secondary N) is 1. The number of carbonyl (C=O) groups is 1. The summed E-state index contributed by atoms with van der Waals surface area (Å²) in [5.74, 6) is 4.64. The fraction of sp³-hybridized carbons (Fsp3) is 0.0909. The summed E-state index contributed by atoms with van der Waals surface area (Å²) in [4.78, 5) is 16.5. The molecule has 5 heteroatoms. The van der Waals surface area contributed by atoms with E-state index in [0.717, 1.165) is 0 Å². The molecule has 0 fully saturated rings. The molecule has 3 aromatic rings. The molecule has 0 aliphatic carbocycles. The minimum Gasteiger partial charge on any atom is -0.320 e. The van der Waals surface area contributed by atoms with E-state index in [1.54, 1.807) is 24.3 Å². The Morgan fingerprint density at radius 3 is 2.52 bits per heavy atom. The van der Waals surface area contributed by atoms with Crippen LogP contribution < -0.4 is 5.32 Å². The first-order valence-electron chi connectivity index (χ1n) is 8.38. The van der Waals surface area contributed by atoms with Crippen molar-refractivity contribution in [2.24, 2.45) is 0 Å². The van der Waals surface area contributed by atoms with Gasteiger partial charge in [0.15, 0.2) is 0 Å². The lowest BCUT2D eigenvalue weighted by molar-refractivity contribution is 0.102. The van der Waals surface area contributed by atoms with Gasteiger partial charge in [-0.2, -0.15) is 0 Å². The van der Waals surface area contributed by atoms with Crippen molar-refractivity contribution in [2.45, 2.75) is 13.3 Å². The summed E-state index contributed by atoms with van der Waals surface area (Å²) < 4.78 is 26.4. The van der Waals surface area contributed by atoms with E-state index in [1.165, 1.54) is 36.5 Å². The average molecular weight is 364 g/mol. The fourth-order valence-corrected chi connectivity index (χ4v) is 2.48. The molecule has 0 aliphatic rings. The van der Waals surface area contributed by atoms with Gasteiger partial charge < -0.3 is 5.32 Å². The predicted octanol–water partition coefficient (Wildman–Crippen LogP) is 4.82. The first-order valence-corrected chi connectivity index (χ1v) is 8.38. The number of rotatable bonds is 3. The maximum absolute atomic E-state index is 13.3. The second-order valence-electron chi connectivity index (χ2n) is 5.80. The van der Waals surface area contributed by atoms with Crippen molar-refractivity contribution in [3.8, 4) is 11.8 Å². The molecule has 1 aromatic heterocycles. The van der Waals surface area contributed by atoms with Gasteiger partial charge in [-0.25, -0.2) is 13.8 Å². The molecule has 3 rings (SSSR count). The highest BCUT2D eigenvalue weighted by Crippen LogP contribution is 2.18. The highest BCUT2D eigenvalue weighted by molar-refractivity contribution is 6.03. The van der Waals surface area contributed by atoms with Crippen LogP contribution in [0.2, 0.25) is 0 Å². The Morgan fingerprint density at radius 1 is 1.04 bits per heavy atom. The molecule has 1 heterocycles. The SMILES string of the molecule is CCc1cc(F)ccc1NC(=O)c1ccc(C#Cc2cccc(F)c2)cn1.[HH]. The maximum atomic E-state index is 13.3. The lowest BCUT2D eigenvalue weighted by Gasteiger charge is -2.09. The largest absolute Gasteiger partial charge is 0.320 e. The van der Waals surface area contributed by atoms with Crippen LogP contribution in [-0.4, -0.2) is 10.9 Å². The van der Waals surface area contributed by atoms with E-state index in [0.29, 0.717) is 28.8 Å². The van der Waals surface area contributed by atoms with Crippen molar-refractivity contribution in [1.82, 2.24) is 4.98 Å². The van der Waals surface area contributed by atoms with Gasteiger partial charge in [-0.15, -0.1) is 0 Å². The van der Waals surface area contributed by atoms with Gasteiger partial charge in [0.05, 0.1) is 0 Å². The van der Waals surface area contributed by atoms with Crippen LogP contribution in [0.15, 0.2) is 60.8 Å². The highest BCUT2D eigenvalue weighted by atomic mass is 19.1. The zero-order valence-corrected chi connectivity index (χ0v) is 14.6. The highest BCUT2D eigenvalue weighted by Gasteiger charge is 2.10. The van der Waals surface area contributed by atoms with Crippen molar-refractivity contribution >= 4 is 11.6 Å². The molecule has 27 heavy (non-hydrogen) atoms. The van der Waals surface area contributed by atoms with Crippen LogP contribution in [0.5, 0.6) is 0 Å². The molecule has 2 aromatic carbocycles. The summed E-state index contributed by atoms with van der Waals surface area (Å²) in [5, 5.41) is 2.74. The predicted molar refractivity (Wildman–Crippen MR) is 102 cm³/mol. The van der Waals surface area contributed by atoms with E-state index in [1.807, 2.05) is 6.92 Å². The molecule has 1 N–H and O–H groups in total. The molecule has 0 spiro atoms. The van der Waals surface area contributed by atoms with Crippen LogP contribution in [-0.2, 0) is 6.42 Å². The van der Waals surface area contributed by atoms with Crippen molar-refractivity contribution < 1.29 is 15.0 Å². The number of nitrogens with zero attached hydrogens (tertiary/aromatic N) is 1. The second kappa shape index (κ2) is 8.24. The van der Waals surface area contributed by atoms with E-state index in [-0.39, 0.29) is 24.7 Å². The van der Waals surface area contributed by atoms with Gasteiger partial charge in [0.1, 0.15) is 17.3 Å². The third-order valence-corrected chi connectivity index (χ3v) is 3.87. The van der Waals surface area contributed by atoms with Crippen LogP contribution in [0.3, 0.4) is 0 Å². The van der Waals surface area contributed by atoms with Crippen LogP contribution in [0.1, 0.15) is 35.5 Å². The number of benzene rings is 2. The topological polar surface area (TPSA) is 42.0 Å². The lowest BCUT2D eigenvalue weighted by atomic mass is 10.1. The number of anilines is 1. The van der Waals surface area contributed by atoms with Gasteiger partial charge in [0, 0.05) is 24.4 Å². The van der Waals surface area contributed by atoms with E-state index in [9.17, 15) is 13.6 Å². The molecule has 0 saturated heterocycles. The summed E-state index contributed by atoms with van der Waals surface area (Å²) in [7, 11) is 0. The van der Waals surface area contributed by atoms with Crippen molar-refractivity contribution in [3.05, 3.63) is 94.8 Å². The van der Waals surface area contributed by atoms with Gasteiger partial charge in [-0.05, 0) is 60.5 Å². The standard InChI is InChI=1S/C22H16F2N2O.H2/c1-2-17-13-19(24)9-11-20(17)26-22(27)21-10-8-16(14-25-21)7-6-15-4-3-5-18(23)12-15;/h3-5,8-14H,2H2,1H3,(H,26,27);1H. The van der Waals surface area contributed by atoms with E-state index in [4.69, 9.17) is 0 Å². The summed E-state index contributed by atoms with van der Waals surface area (Å²) in [6, 6.07) is 13.4. The molecule has 0 aliphatic heterocycles. The molecule has 1 amide bonds. The molecule has 0 saturated carbocycles. The Balaban J connectivity index is 0.00000280. The first-order chi connectivity index (χ1) is 13.0. The number of halogens is 2. The quantitative estimate of drug-likeness (QED) is 0.677. The summed E-state index contributed by atoms with van der Waals surface area (Å²) >= 11 is 0. The Bertz CT molecular complexity index is 1040. The maximum Gasteiger partial charge on any atom is 0.274 e. The third kappa shape index (κ3) is 4.77. The fourth-order valence-electron chi connectivity index (χ4n) is 2.48. The summed E-state index contributed by atoms with van der Waals surface area (Å²) in [6.45, 7) is 1.88. The van der Waals surface area contributed by atoms with Crippen LogP contribution in [0.4, 0.5) is 14.5 Å². The Hall–Kier alpha value is -3.52. The molecule has 0 bridgehead atoms. The number of hydrogen-bond donors (Lipinski definition) is 1. The van der Waals surface area contributed by atoms with E-state index < -0.39 is 0 Å². The summed E-state index contributed by atoms with van der Waals surface area (Å²) in [6.07, 6.45) is 2.07. The van der Waals surface area contributed by atoms with Gasteiger partial charge >= 0.3 is 0 Å². The minimum atomic E-state index is -0.388. The molecular weight excluding hydrogens is 346 g/mol. The monoisotopic (exact) mass is 364 g/mol. The van der Waals surface area contributed by atoms with Gasteiger partial charge in [0.2, 0.25) is 0 Å². The van der Waals surface area contributed by atoms with Crippen LogP contribution in [0, 0.1) is 23.5 Å². The number of aromatic nitrogens is 1. The zero-order valence-electron chi connectivity index (χ0n) is 14.6. The van der Waals surface area contributed by atoms with Gasteiger partial charge in [-0.1, -0.05) is 24.8 Å². The molecule has 0 atom stereocenters. The number of aryl methyl sites for hydroxylation is 1. The molecule has 136 valence electrons. The van der Waals surface area contributed by atoms with Gasteiger partial charge in [-0.3, -0.25) is 4.79 Å². The minimum absolute atomic E-state index is 0. The molecule has 0 radical (unpaired) electrons. The van der Waals surface area contributed by atoms with Crippen LogP contribution in [0.25, 0.3) is 0 Å². The normalized spacial score (nSPS) is 10.0. The molecule has 0 unspecified atom stereocenters. The smallest absolute Gasteiger partial charge is 0.274 e. The average Bonchev–Trinajstić information content (AvgIpc) is 2.68. The second-order valence-corrected chi connectivity index (χ2v) is 5.80. The van der Waals surface area contributed by atoms with Gasteiger partial charge in [0.25, 0.3) is 5.91 Å². The summed E-state index contributed by atoms with van der Waals surface area (Å²) in [5.41, 5.74) is 2.64. The molecular formula is C22H18F2N2O. The zero-order chi connectivity index (χ0) is 19.2. The Kier molecular flexibility index (Phi) is 5.58. The van der Waals surface area contributed by atoms with E-state index >= 15 is 0 Å². The third-order valence-electron chi connectivity index (χ3n) is 3.87. The lowest BCUT2D eigenvalue weighted by Crippen LogP contribution is -2.14. The van der Waals surface area contributed by atoms with Crippen molar-refractivity contribution in [3.63, 3.8) is 0 Å². The number of amides is 1. The number of pyridine rings is 1. The van der Waals surface area contributed by atoms with Crippen molar-refractivity contribution in [1.29, 1.82) is 0 Å². The number of hydrogen-bond acceptors (Lipinski definition) is 2. The Morgan fingerprint density at radius 2 is 1.81 bits per heavy atom. The molecule has 3 nitrogen and oxygen atoms in total. The van der Waals surface area contributed by atoms with Crippen molar-refractivity contribution in [2.75, 3.05) is 5.32 Å². The van der Waals surface area contributed by atoms with Crippen LogP contribution >= 0.6 is 0 Å².